The van der Waals surface area contributed by atoms with E-state index in [9.17, 15) is 9.59 Å². The first-order valence-corrected chi connectivity index (χ1v) is 8.81. The van der Waals surface area contributed by atoms with Crippen molar-refractivity contribution in [2.24, 2.45) is 23.7 Å². The van der Waals surface area contributed by atoms with Gasteiger partial charge in [0.15, 0.2) is 0 Å². The van der Waals surface area contributed by atoms with Gasteiger partial charge in [-0.05, 0) is 50.0 Å². The highest BCUT2D eigenvalue weighted by Gasteiger charge is 2.39. The summed E-state index contributed by atoms with van der Waals surface area (Å²) in [5.41, 5.74) is 1.19. The van der Waals surface area contributed by atoms with E-state index in [0.29, 0.717) is 17.6 Å². The van der Waals surface area contributed by atoms with E-state index >= 15 is 0 Å². The van der Waals surface area contributed by atoms with Crippen LogP contribution in [-0.2, 0) is 16.0 Å². The minimum atomic E-state index is -0.0171. The van der Waals surface area contributed by atoms with Crippen LogP contribution in [0.5, 0.6) is 0 Å². The van der Waals surface area contributed by atoms with Gasteiger partial charge < -0.3 is 4.79 Å². The topological polar surface area (TPSA) is 34.1 Å². The Morgan fingerprint density at radius 3 is 2.59 bits per heavy atom. The average Bonchev–Trinajstić information content (AvgIpc) is 2.58. The third-order valence-corrected chi connectivity index (χ3v) is 5.68. The minimum Gasteiger partial charge on any atom is -0.303 e. The van der Waals surface area contributed by atoms with Gasteiger partial charge in [-0.15, -0.1) is 0 Å². The van der Waals surface area contributed by atoms with Crippen molar-refractivity contribution in [2.75, 3.05) is 0 Å². The molecule has 3 rings (SSSR count). The first-order chi connectivity index (χ1) is 10.8. The van der Waals surface area contributed by atoms with Crippen molar-refractivity contribution in [1.82, 2.24) is 0 Å². The van der Waals surface area contributed by atoms with E-state index in [4.69, 9.17) is 0 Å². The number of carbonyl (C=O) groups excluding carboxylic acids is 2. The molecule has 118 valence electrons. The molecule has 4 unspecified atom stereocenters. The standard InChI is InChI=1S/C20H26O2/c21-14-16(12-15-6-2-1-3-7-15)13-18-11-10-17-8-4-5-9-19(17)20(18)22/h1-3,6-7,14,16-19H,4-5,8-13H2. The highest BCUT2D eigenvalue weighted by atomic mass is 16.1. The molecule has 22 heavy (non-hydrogen) atoms. The Kier molecular flexibility index (Phi) is 5.07. The maximum atomic E-state index is 12.7. The van der Waals surface area contributed by atoms with Crippen molar-refractivity contribution < 1.29 is 9.59 Å². The molecular formula is C20H26O2. The predicted octanol–water partition coefficient (Wildman–Crippen LogP) is 4.22. The molecule has 0 aliphatic heterocycles. The van der Waals surface area contributed by atoms with Gasteiger partial charge in [-0.2, -0.15) is 0 Å². The molecule has 0 saturated heterocycles. The van der Waals surface area contributed by atoms with Gasteiger partial charge in [0.25, 0.3) is 0 Å². The molecule has 0 amide bonds. The fourth-order valence-electron chi connectivity index (χ4n) is 4.49. The monoisotopic (exact) mass is 298 g/mol. The number of aldehydes is 1. The summed E-state index contributed by atoms with van der Waals surface area (Å²) in [5.74, 6) is 1.52. The van der Waals surface area contributed by atoms with Gasteiger partial charge in [-0.1, -0.05) is 43.2 Å². The molecule has 4 atom stereocenters. The SMILES string of the molecule is O=CC(Cc1ccccc1)CC1CCC2CCCCC2C1=O. The maximum absolute atomic E-state index is 12.7. The molecule has 0 N–H and O–H groups in total. The average molecular weight is 298 g/mol. The van der Waals surface area contributed by atoms with Crippen LogP contribution in [-0.4, -0.2) is 12.1 Å². The molecule has 1 aromatic carbocycles. The normalized spacial score (nSPS) is 29.6. The lowest BCUT2D eigenvalue weighted by atomic mass is 9.65. The van der Waals surface area contributed by atoms with Crippen molar-refractivity contribution in [3.05, 3.63) is 35.9 Å². The molecule has 0 aromatic heterocycles. The van der Waals surface area contributed by atoms with Crippen LogP contribution < -0.4 is 0 Å². The number of ketones is 1. The zero-order valence-electron chi connectivity index (χ0n) is 13.2. The van der Waals surface area contributed by atoms with Crippen LogP contribution >= 0.6 is 0 Å². The number of benzene rings is 1. The first-order valence-electron chi connectivity index (χ1n) is 8.81. The largest absolute Gasteiger partial charge is 0.303 e. The molecule has 2 aliphatic rings. The summed E-state index contributed by atoms with van der Waals surface area (Å²) in [5, 5.41) is 0. The zero-order chi connectivity index (χ0) is 15.4. The van der Waals surface area contributed by atoms with Crippen LogP contribution in [0.2, 0.25) is 0 Å². The summed E-state index contributed by atoms with van der Waals surface area (Å²) in [7, 11) is 0. The first kappa shape index (κ1) is 15.5. The summed E-state index contributed by atoms with van der Waals surface area (Å²) in [6, 6.07) is 10.1. The molecule has 2 aliphatic carbocycles. The van der Waals surface area contributed by atoms with Gasteiger partial charge in [0.1, 0.15) is 12.1 Å². The molecular weight excluding hydrogens is 272 g/mol. The second-order valence-electron chi connectivity index (χ2n) is 7.15. The van der Waals surface area contributed by atoms with Crippen LogP contribution in [0.3, 0.4) is 0 Å². The van der Waals surface area contributed by atoms with Gasteiger partial charge >= 0.3 is 0 Å². The smallest absolute Gasteiger partial charge is 0.139 e. The molecule has 1 aromatic rings. The maximum Gasteiger partial charge on any atom is 0.139 e. The fourth-order valence-corrected chi connectivity index (χ4v) is 4.49. The quantitative estimate of drug-likeness (QED) is 0.763. The van der Waals surface area contributed by atoms with Gasteiger partial charge in [0.2, 0.25) is 0 Å². The van der Waals surface area contributed by atoms with Gasteiger partial charge in [0, 0.05) is 17.8 Å². The highest BCUT2D eigenvalue weighted by Crippen LogP contribution is 2.42. The van der Waals surface area contributed by atoms with Gasteiger partial charge in [0.05, 0.1) is 0 Å². The van der Waals surface area contributed by atoms with Crippen molar-refractivity contribution in [1.29, 1.82) is 0 Å². The van der Waals surface area contributed by atoms with E-state index in [1.807, 2.05) is 18.2 Å². The number of fused-ring (bicyclic) bond motifs is 1. The lowest BCUT2D eigenvalue weighted by molar-refractivity contribution is -0.133. The van der Waals surface area contributed by atoms with Crippen LogP contribution in [0.25, 0.3) is 0 Å². The number of carbonyl (C=O) groups is 2. The van der Waals surface area contributed by atoms with Crippen LogP contribution in [0.4, 0.5) is 0 Å². The van der Waals surface area contributed by atoms with Crippen LogP contribution in [0.15, 0.2) is 30.3 Å². The van der Waals surface area contributed by atoms with E-state index in [1.54, 1.807) is 0 Å². The molecule has 2 saturated carbocycles. The van der Waals surface area contributed by atoms with E-state index in [1.165, 1.54) is 31.2 Å². The molecule has 0 bridgehead atoms. The summed E-state index contributed by atoms with van der Waals surface area (Å²) in [6.45, 7) is 0. The van der Waals surface area contributed by atoms with Gasteiger partial charge in [-0.3, -0.25) is 4.79 Å². The lowest BCUT2D eigenvalue weighted by Gasteiger charge is -2.38. The third-order valence-electron chi connectivity index (χ3n) is 5.68. The number of rotatable bonds is 5. The number of hydrogen-bond acceptors (Lipinski definition) is 2. The van der Waals surface area contributed by atoms with Crippen LogP contribution in [0, 0.1) is 23.7 Å². The molecule has 0 radical (unpaired) electrons. The van der Waals surface area contributed by atoms with Crippen molar-refractivity contribution >= 4 is 12.1 Å². The molecule has 0 heterocycles. The lowest BCUT2D eigenvalue weighted by Crippen LogP contribution is -2.38. The van der Waals surface area contributed by atoms with Crippen molar-refractivity contribution in [3.8, 4) is 0 Å². The van der Waals surface area contributed by atoms with E-state index in [0.717, 1.165) is 32.0 Å². The van der Waals surface area contributed by atoms with E-state index < -0.39 is 0 Å². The Balaban J connectivity index is 1.61. The third kappa shape index (κ3) is 3.48. The molecule has 0 spiro atoms. The predicted molar refractivity (Wildman–Crippen MR) is 87.5 cm³/mol. The molecule has 2 heteroatoms. The zero-order valence-corrected chi connectivity index (χ0v) is 13.2. The summed E-state index contributed by atoms with van der Waals surface area (Å²) >= 11 is 0. The Labute approximate surface area is 133 Å². The second kappa shape index (κ2) is 7.21. The number of hydrogen-bond donors (Lipinski definition) is 0. The summed E-state index contributed by atoms with van der Waals surface area (Å²) in [4.78, 5) is 24.2. The summed E-state index contributed by atoms with van der Waals surface area (Å²) in [6.07, 6.45) is 9.60. The van der Waals surface area contributed by atoms with E-state index in [-0.39, 0.29) is 11.8 Å². The Hall–Kier alpha value is -1.44. The second-order valence-corrected chi connectivity index (χ2v) is 7.15. The van der Waals surface area contributed by atoms with Crippen molar-refractivity contribution in [3.63, 3.8) is 0 Å². The summed E-state index contributed by atoms with van der Waals surface area (Å²) < 4.78 is 0. The Morgan fingerprint density at radius 1 is 1.05 bits per heavy atom. The van der Waals surface area contributed by atoms with E-state index in [2.05, 4.69) is 12.1 Å². The van der Waals surface area contributed by atoms with Crippen molar-refractivity contribution in [2.45, 2.75) is 51.4 Å². The fraction of sp³-hybridized carbons (Fsp3) is 0.600. The molecule has 2 fully saturated rings. The van der Waals surface area contributed by atoms with Gasteiger partial charge in [-0.25, -0.2) is 0 Å². The minimum absolute atomic E-state index is 0.0171. The Morgan fingerprint density at radius 2 is 1.82 bits per heavy atom. The number of Topliss-reactive ketones (excluding diaryl/α,β-unsaturated/α-hetero) is 1. The highest BCUT2D eigenvalue weighted by molar-refractivity contribution is 5.84. The van der Waals surface area contributed by atoms with Crippen LogP contribution in [0.1, 0.15) is 50.5 Å². The Bertz CT molecular complexity index is 508. The molecule has 2 nitrogen and oxygen atoms in total.